The molecule has 2 heterocycles. The first-order chi connectivity index (χ1) is 6.45. The summed E-state index contributed by atoms with van der Waals surface area (Å²) < 4.78 is 5.37. The van der Waals surface area contributed by atoms with E-state index in [1.807, 2.05) is 0 Å². The Hall–Kier alpha value is -0.0800. The Morgan fingerprint density at radius 2 is 1.92 bits per heavy atom. The Kier molecular flexibility index (Phi) is 3.62. The second-order valence-electron chi connectivity index (χ2n) is 4.44. The Bertz CT molecular complexity index is 121. The minimum atomic E-state index is 0.817. The predicted molar refractivity (Wildman–Crippen MR) is 53.8 cm³/mol. The molecule has 2 aliphatic rings. The van der Waals surface area contributed by atoms with Crippen LogP contribution >= 0.6 is 0 Å². The van der Waals surface area contributed by atoms with Gasteiger partial charge in [0.05, 0.1) is 0 Å². The lowest BCUT2D eigenvalue weighted by Crippen LogP contribution is -2.36. The average molecular weight is 183 g/mol. The number of hydrogen-bond acceptors (Lipinski definition) is 2. The lowest BCUT2D eigenvalue weighted by atomic mass is 9.89. The fourth-order valence-electron chi connectivity index (χ4n) is 2.51. The second-order valence-corrected chi connectivity index (χ2v) is 4.44. The number of piperidine rings is 1. The van der Waals surface area contributed by atoms with Gasteiger partial charge >= 0.3 is 0 Å². The monoisotopic (exact) mass is 183 g/mol. The molecule has 1 N–H and O–H groups in total. The summed E-state index contributed by atoms with van der Waals surface area (Å²) in [5.41, 5.74) is 0. The van der Waals surface area contributed by atoms with Crippen molar-refractivity contribution in [1.29, 1.82) is 0 Å². The van der Waals surface area contributed by atoms with Crippen molar-refractivity contribution in [3.8, 4) is 0 Å². The zero-order valence-electron chi connectivity index (χ0n) is 8.43. The van der Waals surface area contributed by atoms with Crippen LogP contribution in [0.25, 0.3) is 0 Å². The number of ether oxygens (including phenoxy) is 1. The van der Waals surface area contributed by atoms with Crippen LogP contribution in [0, 0.1) is 5.92 Å². The summed E-state index contributed by atoms with van der Waals surface area (Å²) in [6.45, 7) is 3.24. The lowest BCUT2D eigenvalue weighted by Gasteiger charge is -2.29. The smallest absolute Gasteiger partial charge is 0.0468 e. The van der Waals surface area contributed by atoms with E-state index in [1.54, 1.807) is 0 Å². The molecule has 13 heavy (non-hydrogen) atoms. The standard InChI is InChI=1S/C11H21NO/c1-2-6-12-11(3-1)9-10-4-7-13-8-5-10/h10-12H,1-9H2/t11-/m1/s1. The fourth-order valence-corrected chi connectivity index (χ4v) is 2.51. The first kappa shape index (κ1) is 9.47. The Morgan fingerprint density at radius 1 is 1.08 bits per heavy atom. The van der Waals surface area contributed by atoms with Crippen molar-refractivity contribution in [3.63, 3.8) is 0 Å². The van der Waals surface area contributed by atoms with Gasteiger partial charge in [0.15, 0.2) is 0 Å². The molecule has 2 rings (SSSR count). The maximum Gasteiger partial charge on any atom is 0.0468 e. The molecule has 1 atom stereocenters. The van der Waals surface area contributed by atoms with E-state index in [9.17, 15) is 0 Å². The molecular weight excluding hydrogens is 162 g/mol. The SMILES string of the molecule is C1CC[C@H](CC2CCOCC2)NC1. The van der Waals surface area contributed by atoms with Gasteiger partial charge in [0.1, 0.15) is 0 Å². The topological polar surface area (TPSA) is 21.3 Å². The van der Waals surface area contributed by atoms with Gasteiger partial charge in [0, 0.05) is 19.3 Å². The van der Waals surface area contributed by atoms with Gasteiger partial charge in [-0.15, -0.1) is 0 Å². The molecule has 2 saturated heterocycles. The third kappa shape index (κ3) is 2.96. The van der Waals surface area contributed by atoms with Crippen molar-refractivity contribution >= 4 is 0 Å². The molecule has 2 aliphatic heterocycles. The van der Waals surface area contributed by atoms with Gasteiger partial charge in [0.25, 0.3) is 0 Å². The van der Waals surface area contributed by atoms with Crippen LogP contribution in [0.15, 0.2) is 0 Å². The van der Waals surface area contributed by atoms with Crippen molar-refractivity contribution in [1.82, 2.24) is 5.32 Å². The minimum absolute atomic E-state index is 0.817. The Balaban J connectivity index is 1.69. The molecule has 2 fully saturated rings. The number of nitrogens with one attached hydrogen (secondary N) is 1. The van der Waals surface area contributed by atoms with Crippen LogP contribution in [-0.2, 0) is 4.74 Å². The fraction of sp³-hybridized carbons (Fsp3) is 1.00. The minimum Gasteiger partial charge on any atom is -0.381 e. The highest BCUT2D eigenvalue weighted by Gasteiger charge is 2.20. The van der Waals surface area contributed by atoms with Gasteiger partial charge in [-0.3, -0.25) is 0 Å². The molecule has 0 saturated carbocycles. The van der Waals surface area contributed by atoms with E-state index in [0.717, 1.165) is 25.2 Å². The van der Waals surface area contributed by atoms with Gasteiger partial charge in [-0.25, -0.2) is 0 Å². The zero-order valence-corrected chi connectivity index (χ0v) is 8.43. The molecule has 0 unspecified atom stereocenters. The summed E-state index contributed by atoms with van der Waals surface area (Å²) in [5, 5.41) is 3.63. The summed E-state index contributed by atoms with van der Waals surface area (Å²) in [6.07, 6.45) is 8.18. The van der Waals surface area contributed by atoms with E-state index >= 15 is 0 Å². The molecule has 0 spiro atoms. The largest absolute Gasteiger partial charge is 0.381 e. The maximum absolute atomic E-state index is 5.37. The highest BCUT2D eigenvalue weighted by Crippen LogP contribution is 2.23. The van der Waals surface area contributed by atoms with Gasteiger partial charge in [0.2, 0.25) is 0 Å². The highest BCUT2D eigenvalue weighted by atomic mass is 16.5. The van der Waals surface area contributed by atoms with Crippen molar-refractivity contribution < 1.29 is 4.74 Å². The summed E-state index contributed by atoms with van der Waals surface area (Å²) in [7, 11) is 0. The molecule has 0 aromatic heterocycles. The van der Waals surface area contributed by atoms with Crippen LogP contribution in [0.4, 0.5) is 0 Å². The summed E-state index contributed by atoms with van der Waals surface area (Å²) in [6, 6.07) is 0.817. The molecule has 0 amide bonds. The van der Waals surface area contributed by atoms with E-state index in [4.69, 9.17) is 4.74 Å². The van der Waals surface area contributed by atoms with Gasteiger partial charge in [-0.2, -0.15) is 0 Å². The second kappa shape index (κ2) is 4.97. The van der Waals surface area contributed by atoms with Crippen molar-refractivity contribution in [2.75, 3.05) is 19.8 Å². The quantitative estimate of drug-likeness (QED) is 0.706. The van der Waals surface area contributed by atoms with Crippen LogP contribution in [0.1, 0.15) is 38.5 Å². The molecule has 0 bridgehead atoms. The first-order valence-corrected chi connectivity index (χ1v) is 5.76. The first-order valence-electron chi connectivity index (χ1n) is 5.76. The average Bonchev–Trinajstić information content (AvgIpc) is 2.21. The normalized spacial score (nSPS) is 31.8. The zero-order chi connectivity index (χ0) is 8.93. The van der Waals surface area contributed by atoms with Crippen LogP contribution < -0.4 is 5.32 Å². The highest BCUT2D eigenvalue weighted by molar-refractivity contribution is 4.76. The Labute approximate surface area is 81.0 Å². The lowest BCUT2D eigenvalue weighted by molar-refractivity contribution is 0.0595. The molecule has 0 aromatic rings. The van der Waals surface area contributed by atoms with Crippen molar-refractivity contribution in [3.05, 3.63) is 0 Å². The molecule has 0 radical (unpaired) electrons. The van der Waals surface area contributed by atoms with Crippen LogP contribution in [0.3, 0.4) is 0 Å². The summed E-state index contributed by atoms with van der Waals surface area (Å²) in [4.78, 5) is 0. The van der Waals surface area contributed by atoms with Crippen LogP contribution in [0.2, 0.25) is 0 Å². The molecule has 2 nitrogen and oxygen atoms in total. The molecular formula is C11H21NO. The van der Waals surface area contributed by atoms with E-state index < -0.39 is 0 Å². The summed E-state index contributed by atoms with van der Waals surface area (Å²) in [5.74, 6) is 0.935. The molecule has 76 valence electrons. The Morgan fingerprint density at radius 3 is 2.62 bits per heavy atom. The van der Waals surface area contributed by atoms with E-state index in [1.165, 1.54) is 45.1 Å². The van der Waals surface area contributed by atoms with E-state index in [-0.39, 0.29) is 0 Å². The van der Waals surface area contributed by atoms with Crippen LogP contribution in [0.5, 0.6) is 0 Å². The third-order valence-corrected chi connectivity index (χ3v) is 3.37. The predicted octanol–water partition coefficient (Wildman–Crippen LogP) is 1.95. The molecule has 0 aliphatic carbocycles. The molecule has 2 heteroatoms. The van der Waals surface area contributed by atoms with Gasteiger partial charge < -0.3 is 10.1 Å². The number of rotatable bonds is 2. The van der Waals surface area contributed by atoms with Gasteiger partial charge in [-0.05, 0) is 44.6 Å². The van der Waals surface area contributed by atoms with Crippen LogP contribution in [-0.4, -0.2) is 25.8 Å². The van der Waals surface area contributed by atoms with E-state index in [0.29, 0.717) is 0 Å². The number of hydrogen-bond donors (Lipinski definition) is 1. The third-order valence-electron chi connectivity index (χ3n) is 3.37. The van der Waals surface area contributed by atoms with Crippen molar-refractivity contribution in [2.24, 2.45) is 5.92 Å². The molecule has 0 aromatic carbocycles. The summed E-state index contributed by atoms with van der Waals surface area (Å²) >= 11 is 0. The van der Waals surface area contributed by atoms with Gasteiger partial charge in [-0.1, -0.05) is 6.42 Å². The van der Waals surface area contributed by atoms with E-state index in [2.05, 4.69) is 5.32 Å². The van der Waals surface area contributed by atoms with Crippen molar-refractivity contribution in [2.45, 2.75) is 44.6 Å². The maximum atomic E-state index is 5.37.